The Bertz CT molecular complexity index is 377. The number of rotatable bonds is 2. The minimum absolute atomic E-state index is 0.0179. The zero-order valence-corrected chi connectivity index (χ0v) is 10.1. The van der Waals surface area contributed by atoms with Crippen LogP contribution in [0.25, 0.3) is 0 Å². The summed E-state index contributed by atoms with van der Waals surface area (Å²) >= 11 is 0. The molecule has 1 aliphatic rings. The van der Waals surface area contributed by atoms with Crippen LogP contribution in [-0.4, -0.2) is 22.5 Å². The zero-order chi connectivity index (χ0) is 11.5. The minimum atomic E-state index is -0.0179. The highest BCUT2D eigenvalue weighted by molar-refractivity contribution is 5.15. The summed E-state index contributed by atoms with van der Waals surface area (Å²) in [6.45, 7) is 5.65. The second kappa shape index (κ2) is 4.83. The molecule has 1 aromatic heterocycles. The first-order valence-electron chi connectivity index (χ1n) is 6.13. The molecule has 1 aromatic rings. The maximum atomic E-state index is 11.1. The van der Waals surface area contributed by atoms with E-state index in [1.807, 2.05) is 12.3 Å². The first-order chi connectivity index (χ1) is 7.68. The van der Waals surface area contributed by atoms with E-state index >= 15 is 0 Å². The third kappa shape index (κ3) is 2.35. The molecule has 3 heteroatoms. The smallest absolute Gasteiger partial charge is 0.247 e. The first kappa shape index (κ1) is 11.4. The highest BCUT2D eigenvalue weighted by Gasteiger charge is 2.25. The summed E-state index contributed by atoms with van der Waals surface area (Å²) in [7, 11) is 0. The van der Waals surface area contributed by atoms with Crippen LogP contribution < -0.4 is 5.56 Å². The summed E-state index contributed by atoms with van der Waals surface area (Å²) in [6, 6.07) is 4.63. The van der Waals surface area contributed by atoms with Gasteiger partial charge in [0, 0.05) is 24.3 Å². The average molecular weight is 220 g/mol. The van der Waals surface area contributed by atoms with Gasteiger partial charge in [0.25, 0.3) is 0 Å². The molecule has 1 N–H and O–H groups in total. The second-order valence-electron chi connectivity index (χ2n) is 4.83. The number of aromatic amines is 1. The van der Waals surface area contributed by atoms with E-state index in [1.165, 1.54) is 31.4 Å². The van der Waals surface area contributed by atoms with Crippen molar-refractivity contribution in [3.05, 3.63) is 34.2 Å². The van der Waals surface area contributed by atoms with E-state index in [2.05, 4.69) is 23.7 Å². The van der Waals surface area contributed by atoms with Gasteiger partial charge in [-0.25, -0.2) is 0 Å². The van der Waals surface area contributed by atoms with Crippen LogP contribution in [0.3, 0.4) is 0 Å². The summed E-state index contributed by atoms with van der Waals surface area (Å²) in [6.07, 6.45) is 5.64. The molecule has 0 saturated carbocycles. The van der Waals surface area contributed by atoms with Gasteiger partial charge in [-0.15, -0.1) is 0 Å². The number of piperidine rings is 1. The topological polar surface area (TPSA) is 36.1 Å². The molecular weight excluding hydrogens is 200 g/mol. The molecule has 0 spiro atoms. The Hall–Kier alpha value is -1.09. The maximum Gasteiger partial charge on any atom is 0.247 e. The predicted octanol–water partition coefficient (Wildman–Crippen LogP) is 2.31. The van der Waals surface area contributed by atoms with Gasteiger partial charge in [0.2, 0.25) is 5.56 Å². The predicted molar refractivity (Wildman–Crippen MR) is 65.5 cm³/mol. The van der Waals surface area contributed by atoms with Gasteiger partial charge in [-0.05, 0) is 38.8 Å². The highest BCUT2D eigenvalue weighted by Crippen LogP contribution is 2.31. The molecule has 88 valence electrons. The molecule has 1 fully saturated rings. The molecular formula is C13H20N2O. The Morgan fingerprint density at radius 3 is 2.81 bits per heavy atom. The largest absolute Gasteiger partial charge is 0.329 e. The van der Waals surface area contributed by atoms with Crippen molar-refractivity contribution in [1.29, 1.82) is 0 Å². The molecule has 0 aliphatic carbocycles. The van der Waals surface area contributed by atoms with Crippen molar-refractivity contribution in [2.75, 3.05) is 6.54 Å². The Morgan fingerprint density at radius 1 is 1.38 bits per heavy atom. The average Bonchev–Trinajstić information content (AvgIpc) is 2.30. The Morgan fingerprint density at radius 2 is 2.19 bits per heavy atom. The van der Waals surface area contributed by atoms with Crippen LogP contribution in [0.4, 0.5) is 0 Å². The molecule has 0 amide bonds. The lowest BCUT2D eigenvalue weighted by atomic mass is 9.95. The van der Waals surface area contributed by atoms with Gasteiger partial charge in [0.15, 0.2) is 0 Å². The number of nitrogens with one attached hydrogen (secondary N) is 1. The SMILES string of the molecule is CC(C)N1CCCCC1c1ccc(=O)[nH]c1. The lowest BCUT2D eigenvalue weighted by Crippen LogP contribution is -2.38. The van der Waals surface area contributed by atoms with Crippen LogP contribution in [-0.2, 0) is 0 Å². The van der Waals surface area contributed by atoms with Crippen LogP contribution in [0.5, 0.6) is 0 Å². The van der Waals surface area contributed by atoms with Crippen LogP contribution in [0.1, 0.15) is 44.7 Å². The van der Waals surface area contributed by atoms with Crippen molar-refractivity contribution in [2.45, 2.75) is 45.2 Å². The van der Waals surface area contributed by atoms with Gasteiger partial charge in [-0.3, -0.25) is 9.69 Å². The van der Waals surface area contributed by atoms with Crippen LogP contribution >= 0.6 is 0 Å². The summed E-state index contributed by atoms with van der Waals surface area (Å²) in [5, 5.41) is 0. The van der Waals surface area contributed by atoms with E-state index in [0.717, 1.165) is 0 Å². The summed E-state index contributed by atoms with van der Waals surface area (Å²) < 4.78 is 0. The molecule has 1 atom stereocenters. The van der Waals surface area contributed by atoms with E-state index in [4.69, 9.17) is 0 Å². The zero-order valence-electron chi connectivity index (χ0n) is 10.1. The number of hydrogen-bond acceptors (Lipinski definition) is 2. The lowest BCUT2D eigenvalue weighted by molar-refractivity contribution is 0.112. The molecule has 0 aromatic carbocycles. The monoisotopic (exact) mass is 220 g/mol. The van der Waals surface area contributed by atoms with Crippen molar-refractivity contribution in [3.63, 3.8) is 0 Å². The van der Waals surface area contributed by atoms with Crippen LogP contribution in [0, 0.1) is 0 Å². The van der Waals surface area contributed by atoms with Crippen molar-refractivity contribution in [3.8, 4) is 0 Å². The summed E-state index contributed by atoms with van der Waals surface area (Å²) in [5.74, 6) is 0. The van der Waals surface area contributed by atoms with E-state index in [-0.39, 0.29) is 5.56 Å². The molecule has 0 bridgehead atoms. The molecule has 1 aliphatic heterocycles. The third-order valence-corrected chi connectivity index (χ3v) is 3.40. The van der Waals surface area contributed by atoms with Crippen LogP contribution in [0.2, 0.25) is 0 Å². The lowest BCUT2D eigenvalue weighted by Gasteiger charge is -2.38. The normalized spacial score (nSPS) is 22.6. The molecule has 0 radical (unpaired) electrons. The quantitative estimate of drug-likeness (QED) is 0.830. The Kier molecular flexibility index (Phi) is 3.44. The maximum absolute atomic E-state index is 11.1. The van der Waals surface area contributed by atoms with Gasteiger partial charge < -0.3 is 4.98 Å². The van der Waals surface area contributed by atoms with Gasteiger partial charge in [0.05, 0.1) is 0 Å². The fourth-order valence-corrected chi connectivity index (χ4v) is 2.56. The number of pyridine rings is 1. The summed E-state index contributed by atoms with van der Waals surface area (Å²) in [5.41, 5.74) is 1.23. The fraction of sp³-hybridized carbons (Fsp3) is 0.615. The van der Waals surface area contributed by atoms with Gasteiger partial charge >= 0.3 is 0 Å². The molecule has 3 nitrogen and oxygen atoms in total. The first-order valence-corrected chi connectivity index (χ1v) is 6.13. The number of nitrogens with zero attached hydrogens (tertiary/aromatic N) is 1. The highest BCUT2D eigenvalue weighted by atomic mass is 16.1. The Balaban J connectivity index is 2.22. The van der Waals surface area contributed by atoms with Crippen molar-refractivity contribution in [1.82, 2.24) is 9.88 Å². The number of likely N-dealkylation sites (tertiary alicyclic amines) is 1. The molecule has 2 heterocycles. The second-order valence-corrected chi connectivity index (χ2v) is 4.83. The fourth-order valence-electron chi connectivity index (χ4n) is 2.56. The molecule has 2 rings (SSSR count). The summed E-state index contributed by atoms with van der Waals surface area (Å²) in [4.78, 5) is 16.4. The van der Waals surface area contributed by atoms with E-state index in [1.54, 1.807) is 6.07 Å². The van der Waals surface area contributed by atoms with Crippen molar-refractivity contribution >= 4 is 0 Å². The standard InChI is InChI=1S/C13H20N2O/c1-10(2)15-8-4-3-5-12(15)11-6-7-13(16)14-9-11/h6-7,9-10,12H,3-5,8H2,1-2H3,(H,14,16). The van der Waals surface area contributed by atoms with Gasteiger partial charge in [-0.2, -0.15) is 0 Å². The Labute approximate surface area is 96.5 Å². The number of aromatic nitrogens is 1. The van der Waals surface area contributed by atoms with E-state index in [0.29, 0.717) is 12.1 Å². The van der Waals surface area contributed by atoms with Gasteiger partial charge in [0.1, 0.15) is 0 Å². The minimum Gasteiger partial charge on any atom is -0.329 e. The van der Waals surface area contributed by atoms with E-state index < -0.39 is 0 Å². The van der Waals surface area contributed by atoms with Gasteiger partial charge in [-0.1, -0.05) is 12.5 Å². The molecule has 1 unspecified atom stereocenters. The van der Waals surface area contributed by atoms with Crippen molar-refractivity contribution in [2.24, 2.45) is 0 Å². The molecule has 1 saturated heterocycles. The number of hydrogen-bond donors (Lipinski definition) is 1. The van der Waals surface area contributed by atoms with Crippen LogP contribution in [0.15, 0.2) is 23.1 Å². The number of H-pyrrole nitrogens is 1. The third-order valence-electron chi connectivity index (χ3n) is 3.40. The van der Waals surface area contributed by atoms with E-state index in [9.17, 15) is 4.79 Å². The van der Waals surface area contributed by atoms with Crippen molar-refractivity contribution < 1.29 is 0 Å². The molecule has 16 heavy (non-hydrogen) atoms.